The first-order valence-electron chi connectivity index (χ1n) is 6.18. The van der Waals surface area contributed by atoms with Crippen molar-refractivity contribution in [3.63, 3.8) is 0 Å². The Kier molecular flexibility index (Phi) is 6.87. The summed E-state index contributed by atoms with van der Waals surface area (Å²) >= 11 is 0. The molecule has 0 aliphatic carbocycles. The van der Waals surface area contributed by atoms with E-state index in [2.05, 4.69) is 0 Å². The van der Waals surface area contributed by atoms with Gasteiger partial charge in [0.2, 0.25) is 0 Å². The predicted octanol–water partition coefficient (Wildman–Crippen LogP) is 2.44. The van der Waals surface area contributed by atoms with Gasteiger partial charge in [-0.3, -0.25) is 4.79 Å². The molecule has 0 aromatic heterocycles. The minimum Gasteiger partial charge on any atom is -0.497 e. The standard InChI is InChI=1S/C14H20O4/c1-17-13-6-7-14(12(10-13)11-16)18-9-5-3-2-4-8-15/h6-7,10-11,15H,2-5,8-9H2,1H3. The first kappa shape index (κ1) is 14.5. The maximum atomic E-state index is 10.9. The van der Waals surface area contributed by atoms with Crippen LogP contribution in [0.15, 0.2) is 18.2 Å². The molecule has 1 N–H and O–H groups in total. The fraction of sp³-hybridized carbons (Fsp3) is 0.500. The van der Waals surface area contributed by atoms with Crippen molar-refractivity contribution >= 4 is 6.29 Å². The molecule has 0 aliphatic rings. The summed E-state index contributed by atoms with van der Waals surface area (Å²) in [5.41, 5.74) is 0.504. The van der Waals surface area contributed by atoms with Crippen molar-refractivity contribution in [3.8, 4) is 11.5 Å². The van der Waals surface area contributed by atoms with Gasteiger partial charge in [-0.2, -0.15) is 0 Å². The highest BCUT2D eigenvalue weighted by Gasteiger charge is 2.04. The van der Waals surface area contributed by atoms with Crippen LogP contribution in [0.4, 0.5) is 0 Å². The van der Waals surface area contributed by atoms with Crippen LogP contribution in [-0.4, -0.2) is 31.7 Å². The summed E-state index contributed by atoms with van der Waals surface area (Å²) in [5.74, 6) is 1.24. The zero-order chi connectivity index (χ0) is 13.2. The summed E-state index contributed by atoms with van der Waals surface area (Å²) in [6.07, 6.45) is 4.55. The van der Waals surface area contributed by atoms with E-state index in [4.69, 9.17) is 14.6 Å². The normalized spacial score (nSPS) is 10.1. The van der Waals surface area contributed by atoms with Crippen molar-refractivity contribution in [1.29, 1.82) is 0 Å². The Labute approximate surface area is 108 Å². The minimum absolute atomic E-state index is 0.245. The average Bonchev–Trinajstić information content (AvgIpc) is 2.42. The third kappa shape index (κ3) is 4.75. The summed E-state index contributed by atoms with van der Waals surface area (Å²) in [7, 11) is 1.56. The van der Waals surface area contributed by atoms with Crippen LogP contribution in [0.2, 0.25) is 0 Å². The molecule has 0 saturated carbocycles. The van der Waals surface area contributed by atoms with Gasteiger partial charge in [-0.15, -0.1) is 0 Å². The maximum absolute atomic E-state index is 10.9. The van der Waals surface area contributed by atoms with Crippen molar-refractivity contribution in [3.05, 3.63) is 23.8 Å². The largest absolute Gasteiger partial charge is 0.497 e. The Balaban J connectivity index is 2.39. The third-order valence-corrected chi connectivity index (χ3v) is 2.65. The van der Waals surface area contributed by atoms with E-state index in [0.717, 1.165) is 32.0 Å². The number of aldehydes is 1. The molecule has 0 bridgehead atoms. The van der Waals surface area contributed by atoms with Crippen molar-refractivity contribution in [2.45, 2.75) is 25.7 Å². The summed E-state index contributed by atoms with van der Waals surface area (Å²) in [4.78, 5) is 10.9. The lowest BCUT2D eigenvalue weighted by molar-refractivity contribution is 0.111. The fourth-order valence-electron chi connectivity index (χ4n) is 1.63. The number of aliphatic hydroxyl groups excluding tert-OH is 1. The van der Waals surface area contributed by atoms with Crippen LogP contribution < -0.4 is 9.47 Å². The van der Waals surface area contributed by atoms with Gasteiger partial charge >= 0.3 is 0 Å². The Morgan fingerprint density at radius 3 is 2.67 bits per heavy atom. The highest BCUT2D eigenvalue weighted by Crippen LogP contribution is 2.22. The van der Waals surface area contributed by atoms with Crippen LogP contribution in [0.1, 0.15) is 36.0 Å². The average molecular weight is 252 g/mol. The highest BCUT2D eigenvalue weighted by atomic mass is 16.5. The molecule has 0 unspecified atom stereocenters. The molecule has 0 amide bonds. The van der Waals surface area contributed by atoms with E-state index in [1.165, 1.54) is 0 Å². The zero-order valence-electron chi connectivity index (χ0n) is 10.7. The van der Waals surface area contributed by atoms with Crippen LogP contribution >= 0.6 is 0 Å². The maximum Gasteiger partial charge on any atom is 0.153 e. The van der Waals surface area contributed by atoms with Crippen LogP contribution in [0.25, 0.3) is 0 Å². The van der Waals surface area contributed by atoms with Gasteiger partial charge in [-0.25, -0.2) is 0 Å². The lowest BCUT2D eigenvalue weighted by Crippen LogP contribution is -2.00. The number of unbranched alkanes of at least 4 members (excludes halogenated alkanes) is 3. The molecule has 18 heavy (non-hydrogen) atoms. The molecule has 1 aromatic carbocycles. The molecule has 4 nitrogen and oxygen atoms in total. The third-order valence-electron chi connectivity index (χ3n) is 2.65. The molecule has 0 atom stereocenters. The topological polar surface area (TPSA) is 55.8 Å². The molecule has 1 aromatic rings. The number of hydrogen-bond acceptors (Lipinski definition) is 4. The van der Waals surface area contributed by atoms with Crippen molar-refractivity contribution < 1.29 is 19.4 Å². The van der Waals surface area contributed by atoms with Gasteiger partial charge < -0.3 is 14.6 Å². The van der Waals surface area contributed by atoms with Crippen LogP contribution in [0.5, 0.6) is 11.5 Å². The molecular weight excluding hydrogens is 232 g/mol. The Morgan fingerprint density at radius 2 is 2.00 bits per heavy atom. The van der Waals surface area contributed by atoms with E-state index in [1.54, 1.807) is 25.3 Å². The summed E-state index contributed by atoms with van der Waals surface area (Å²) in [6, 6.07) is 5.18. The lowest BCUT2D eigenvalue weighted by Gasteiger charge is -2.09. The number of rotatable bonds is 9. The molecule has 0 spiro atoms. The van der Waals surface area contributed by atoms with Crippen LogP contribution in [0.3, 0.4) is 0 Å². The van der Waals surface area contributed by atoms with Gasteiger partial charge in [0.1, 0.15) is 11.5 Å². The van der Waals surface area contributed by atoms with E-state index in [1.807, 2.05) is 0 Å². The Hall–Kier alpha value is -1.55. The van der Waals surface area contributed by atoms with E-state index in [0.29, 0.717) is 23.7 Å². The van der Waals surface area contributed by atoms with E-state index in [-0.39, 0.29) is 6.61 Å². The molecule has 100 valence electrons. The Morgan fingerprint density at radius 1 is 1.22 bits per heavy atom. The molecule has 0 aliphatic heterocycles. The number of ether oxygens (including phenoxy) is 2. The summed E-state index contributed by atoms with van der Waals surface area (Å²) in [5, 5.41) is 8.64. The van der Waals surface area contributed by atoms with Gasteiger partial charge in [0.15, 0.2) is 6.29 Å². The molecule has 4 heteroatoms. The zero-order valence-corrected chi connectivity index (χ0v) is 10.7. The first-order chi connectivity index (χ1) is 8.81. The predicted molar refractivity (Wildman–Crippen MR) is 69.4 cm³/mol. The minimum atomic E-state index is 0.245. The van der Waals surface area contributed by atoms with Gasteiger partial charge in [0.25, 0.3) is 0 Å². The number of benzene rings is 1. The fourth-order valence-corrected chi connectivity index (χ4v) is 1.63. The number of carbonyl (C=O) groups excluding carboxylic acids is 1. The van der Waals surface area contributed by atoms with Crippen molar-refractivity contribution in [1.82, 2.24) is 0 Å². The van der Waals surface area contributed by atoms with Crippen molar-refractivity contribution in [2.75, 3.05) is 20.3 Å². The quantitative estimate of drug-likeness (QED) is 0.541. The molecule has 0 saturated heterocycles. The SMILES string of the molecule is COc1ccc(OCCCCCCO)c(C=O)c1. The molecule has 0 fully saturated rings. The van der Waals surface area contributed by atoms with E-state index in [9.17, 15) is 4.79 Å². The molecule has 1 rings (SSSR count). The Bertz CT molecular complexity index is 363. The van der Waals surface area contributed by atoms with Gasteiger partial charge in [0, 0.05) is 6.61 Å². The van der Waals surface area contributed by atoms with Gasteiger partial charge in [0.05, 0.1) is 19.3 Å². The van der Waals surface area contributed by atoms with Crippen LogP contribution in [-0.2, 0) is 0 Å². The number of hydrogen-bond donors (Lipinski definition) is 1. The smallest absolute Gasteiger partial charge is 0.153 e. The second-order valence-corrected chi connectivity index (χ2v) is 4.01. The summed E-state index contributed by atoms with van der Waals surface area (Å²) in [6.45, 7) is 0.827. The number of carbonyl (C=O) groups is 1. The number of aliphatic hydroxyl groups is 1. The number of methoxy groups -OCH3 is 1. The molecular formula is C14H20O4. The van der Waals surface area contributed by atoms with Crippen LogP contribution in [0, 0.1) is 0 Å². The van der Waals surface area contributed by atoms with Gasteiger partial charge in [-0.05, 0) is 37.5 Å². The first-order valence-corrected chi connectivity index (χ1v) is 6.18. The van der Waals surface area contributed by atoms with Gasteiger partial charge in [-0.1, -0.05) is 6.42 Å². The lowest BCUT2D eigenvalue weighted by atomic mass is 10.2. The van der Waals surface area contributed by atoms with E-state index < -0.39 is 0 Å². The second-order valence-electron chi connectivity index (χ2n) is 4.01. The molecule has 0 radical (unpaired) electrons. The summed E-state index contributed by atoms with van der Waals surface area (Å²) < 4.78 is 10.6. The highest BCUT2D eigenvalue weighted by molar-refractivity contribution is 5.80. The van der Waals surface area contributed by atoms with E-state index >= 15 is 0 Å². The second kappa shape index (κ2) is 8.53. The molecule has 0 heterocycles. The van der Waals surface area contributed by atoms with Crippen molar-refractivity contribution in [2.24, 2.45) is 0 Å². The monoisotopic (exact) mass is 252 g/mol.